The third kappa shape index (κ3) is 2.47. The van der Waals surface area contributed by atoms with E-state index in [1.165, 1.54) is 6.07 Å². The molecule has 0 unspecified atom stereocenters. The second-order valence-electron chi connectivity index (χ2n) is 3.58. The van der Waals surface area contributed by atoms with E-state index in [0.29, 0.717) is 17.9 Å². The van der Waals surface area contributed by atoms with Crippen LogP contribution in [0, 0.1) is 0 Å². The van der Waals surface area contributed by atoms with E-state index in [4.69, 9.17) is 5.11 Å². The summed E-state index contributed by atoms with van der Waals surface area (Å²) in [5, 5.41) is 8.99. The number of benzene rings is 1. The zero-order valence-corrected chi connectivity index (χ0v) is 9.42. The second-order valence-corrected chi connectivity index (χ2v) is 3.58. The Kier molecular flexibility index (Phi) is 3.14. The Hall–Kier alpha value is -2.23. The molecule has 1 heterocycles. The van der Waals surface area contributed by atoms with Crippen molar-refractivity contribution in [2.24, 2.45) is 0 Å². The maximum Gasteiger partial charge on any atom is 0.354 e. The average Bonchev–Trinajstić information content (AvgIpc) is 2.39. The standard InChI is InChI=1S/C13H12N2O2/c1-2-12-14-10(8-11(15-12)13(16)17)9-6-4-3-5-7-9/h3-8H,2H2,1H3,(H,16,17). The van der Waals surface area contributed by atoms with Gasteiger partial charge in [0.25, 0.3) is 0 Å². The number of aromatic carboxylic acids is 1. The first-order valence-electron chi connectivity index (χ1n) is 5.37. The number of hydrogen-bond acceptors (Lipinski definition) is 3. The molecular weight excluding hydrogens is 216 g/mol. The van der Waals surface area contributed by atoms with Gasteiger partial charge in [-0.25, -0.2) is 14.8 Å². The van der Waals surface area contributed by atoms with E-state index in [-0.39, 0.29) is 5.69 Å². The van der Waals surface area contributed by atoms with Crippen molar-refractivity contribution < 1.29 is 9.90 Å². The molecule has 0 bridgehead atoms. The number of rotatable bonds is 3. The number of carboxylic acids is 1. The third-order valence-corrected chi connectivity index (χ3v) is 2.38. The van der Waals surface area contributed by atoms with Crippen LogP contribution in [0.15, 0.2) is 36.4 Å². The molecule has 0 amide bonds. The largest absolute Gasteiger partial charge is 0.477 e. The van der Waals surface area contributed by atoms with Crippen molar-refractivity contribution in [2.45, 2.75) is 13.3 Å². The summed E-state index contributed by atoms with van der Waals surface area (Å²) in [6, 6.07) is 11.0. The van der Waals surface area contributed by atoms with Crippen LogP contribution >= 0.6 is 0 Å². The van der Waals surface area contributed by atoms with Gasteiger partial charge in [-0.2, -0.15) is 0 Å². The van der Waals surface area contributed by atoms with E-state index in [1.807, 2.05) is 37.3 Å². The average molecular weight is 228 g/mol. The molecule has 0 saturated carbocycles. The smallest absolute Gasteiger partial charge is 0.354 e. The van der Waals surface area contributed by atoms with Crippen molar-refractivity contribution in [3.63, 3.8) is 0 Å². The van der Waals surface area contributed by atoms with E-state index in [1.54, 1.807) is 0 Å². The van der Waals surface area contributed by atoms with Crippen molar-refractivity contribution >= 4 is 5.97 Å². The van der Waals surface area contributed by atoms with Gasteiger partial charge in [-0.15, -0.1) is 0 Å². The first kappa shape index (κ1) is 11.3. The SMILES string of the molecule is CCc1nc(C(=O)O)cc(-c2ccccc2)n1. The summed E-state index contributed by atoms with van der Waals surface area (Å²) in [6.45, 7) is 1.90. The molecule has 0 radical (unpaired) electrons. The highest BCUT2D eigenvalue weighted by molar-refractivity contribution is 5.86. The number of carboxylic acid groups (broad SMARTS) is 1. The fourth-order valence-corrected chi connectivity index (χ4v) is 1.52. The Balaban J connectivity index is 2.54. The fourth-order valence-electron chi connectivity index (χ4n) is 1.52. The van der Waals surface area contributed by atoms with Crippen LogP contribution in [0.3, 0.4) is 0 Å². The van der Waals surface area contributed by atoms with Gasteiger partial charge >= 0.3 is 5.97 Å². The zero-order valence-electron chi connectivity index (χ0n) is 9.42. The molecule has 0 saturated heterocycles. The normalized spacial score (nSPS) is 10.2. The van der Waals surface area contributed by atoms with Gasteiger partial charge < -0.3 is 5.11 Å². The minimum Gasteiger partial charge on any atom is -0.477 e. The zero-order chi connectivity index (χ0) is 12.3. The highest BCUT2D eigenvalue weighted by Crippen LogP contribution is 2.17. The minimum absolute atomic E-state index is 0.0377. The first-order chi connectivity index (χ1) is 8.20. The number of aromatic nitrogens is 2. The molecule has 0 spiro atoms. The summed E-state index contributed by atoms with van der Waals surface area (Å²) in [6.07, 6.45) is 0.612. The van der Waals surface area contributed by atoms with Gasteiger partial charge in [-0.3, -0.25) is 0 Å². The lowest BCUT2D eigenvalue weighted by atomic mass is 10.1. The van der Waals surface area contributed by atoms with Crippen LogP contribution in [0.2, 0.25) is 0 Å². The number of aryl methyl sites for hydroxylation is 1. The summed E-state index contributed by atoms with van der Waals surface area (Å²) < 4.78 is 0. The molecule has 17 heavy (non-hydrogen) atoms. The summed E-state index contributed by atoms with van der Waals surface area (Å²) in [5.74, 6) is -0.483. The maximum absolute atomic E-state index is 11.0. The quantitative estimate of drug-likeness (QED) is 0.876. The molecule has 1 aromatic carbocycles. The topological polar surface area (TPSA) is 63.1 Å². The van der Waals surface area contributed by atoms with E-state index in [9.17, 15) is 4.79 Å². The van der Waals surface area contributed by atoms with Gasteiger partial charge in [0.05, 0.1) is 5.69 Å². The molecule has 0 aliphatic rings. The Morgan fingerprint density at radius 1 is 1.24 bits per heavy atom. The van der Waals surface area contributed by atoms with Crippen LogP contribution in [0.4, 0.5) is 0 Å². The molecule has 4 heteroatoms. The molecule has 1 aromatic heterocycles. The van der Waals surface area contributed by atoms with Crippen molar-refractivity contribution in [2.75, 3.05) is 0 Å². The highest BCUT2D eigenvalue weighted by atomic mass is 16.4. The van der Waals surface area contributed by atoms with Crippen molar-refractivity contribution in [3.05, 3.63) is 47.9 Å². The number of hydrogen-bond donors (Lipinski definition) is 1. The Labute approximate surface area is 99.0 Å². The van der Waals surface area contributed by atoms with Crippen LogP contribution in [-0.4, -0.2) is 21.0 Å². The van der Waals surface area contributed by atoms with Gasteiger partial charge in [-0.05, 0) is 6.07 Å². The summed E-state index contributed by atoms with van der Waals surface area (Å²) in [7, 11) is 0. The number of nitrogens with zero attached hydrogens (tertiary/aromatic N) is 2. The Bertz CT molecular complexity index is 538. The van der Waals surface area contributed by atoms with Crippen molar-refractivity contribution in [1.29, 1.82) is 0 Å². The van der Waals surface area contributed by atoms with E-state index in [0.717, 1.165) is 5.56 Å². The molecule has 0 fully saturated rings. The van der Waals surface area contributed by atoms with Crippen LogP contribution in [-0.2, 0) is 6.42 Å². The van der Waals surface area contributed by atoms with E-state index < -0.39 is 5.97 Å². The van der Waals surface area contributed by atoms with E-state index >= 15 is 0 Å². The molecule has 0 aliphatic heterocycles. The van der Waals surface area contributed by atoms with Gasteiger partial charge in [-0.1, -0.05) is 37.3 Å². The predicted molar refractivity (Wildman–Crippen MR) is 63.8 cm³/mol. The molecule has 86 valence electrons. The lowest BCUT2D eigenvalue weighted by molar-refractivity contribution is 0.0690. The molecule has 0 atom stereocenters. The van der Waals surface area contributed by atoms with Crippen molar-refractivity contribution in [3.8, 4) is 11.3 Å². The molecule has 2 aromatic rings. The minimum atomic E-state index is -1.03. The molecular formula is C13H12N2O2. The molecule has 4 nitrogen and oxygen atoms in total. The van der Waals surface area contributed by atoms with Gasteiger partial charge in [0, 0.05) is 12.0 Å². The monoisotopic (exact) mass is 228 g/mol. The van der Waals surface area contributed by atoms with Crippen molar-refractivity contribution in [1.82, 2.24) is 9.97 Å². The summed E-state index contributed by atoms with van der Waals surface area (Å²) in [5.41, 5.74) is 1.58. The lowest BCUT2D eigenvalue weighted by Gasteiger charge is -2.04. The van der Waals surface area contributed by atoms with Gasteiger partial charge in [0.15, 0.2) is 5.69 Å². The van der Waals surface area contributed by atoms with Crippen LogP contribution in [0.1, 0.15) is 23.2 Å². The molecule has 2 rings (SSSR count). The number of carbonyl (C=O) groups is 1. The Morgan fingerprint density at radius 3 is 2.53 bits per heavy atom. The second kappa shape index (κ2) is 4.74. The predicted octanol–water partition coefficient (Wildman–Crippen LogP) is 2.40. The van der Waals surface area contributed by atoms with Crippen LogP contribution in [0.25, 0.3) is 11.3 Å². The molecule has 1 N–H and O–H groups in total. The van der Waals surface area contributed by atoms with Gasteiger partial charge in [0.1, 0.15) is 5.82 Å². The fraction of sp³-hybridized carbons (Fsp3) is 0.154. The first-order valence-corrected chi connectivity index (χ1v) is 5.37. The summed E-state index contributed by atoms with van der Waals surface area (Å²) in [4.78, 5) is 19.3. The maximum atomic E-state index is 11.0. The van der Waals surface area contributed by atoms with Crippen LogP contribution < -0.4 is 0 Å². The van der Waals surface area contributed by atoms with Gasteiger partial charge in [0.2, 0.25) is 0 Å². The molecule has 0 aliphatic carbocycles. The van der Waals surface area contributed by atoms with E-state index in [2.05, 4.69) is 9.97 Å². The summed E-state index contributed by atoms with van der Waals surface area (Å²) >= 11 is 0. The third-order valence-electron chi connectivity index (χ3n) is 2.38. The Morgan fingerprint density at radius 2 is 1.94 bits per heavy atom. The lowest BCUT2D eigenvalue weighted by Crippen LogP contribution is -2.05. The highest BCUT2D eigenvalue weighted by Gasteiger charge is 2.10. The van der Waals surface area contributed by atoms with Crippen LogP contribution in [0.5, 0.6) is 0 Å².